The number of allylic oxidation sites excluding steroid dienone is 2. The van der Waals surface area contributed by atoms with Gasteiger partial charge in [-0.3, -0.25) is 9.59 Å². The highest BCUT2D eigenvalue weighted by Gasteiger charge is 2.43. The van der Waals surface area contributed by atoms with Gasteiger partial charge in [-0.1, -0.05) is 66.5 Å². The smallest absolute Gasteiger partial charge is 0.303 e. The molecule has 0 spiro atoms. The van der Waals surface area contributed by atoms with Crippen LogP contribution in [-0.2, 0) is 14.0 Å². The molecule has 1 fully saturated rings. The Balaban J connectivity index is 2.81. The minimum Gasteiger partial charge on any atom is -0.481 e. The van der Waals surface area contributed by atoms with Gasteiger partial charge in [-0.15, -0.1) is 0 Å². The molecule has 5 heteroatoms. The Morgan fingerprint density at radius 3 is 2.42 bits per heavy atom. The minimum atomic E-state index is -1.89. The first kappa shape index (κ1) is 30.1. The van der Waals surface area contributed by atoms with Crippen LogP contribution in [0.15, 0.2) is 12.2 Å². The maximum absolute atomic E-state index is 12.6. The zero-order valence-electron chi connectivity index (χ0n) is 22.8. The van der Waals surface area contributed by atoms with Crippen molar-refractivity contribution in [2.45, 2.75) is 136 Å². The van der Waals surface area contributed by atoms with Gasteiger partial charge in [-0.25, -0.2) is 0 Å². The predicted molar refractivity (Wildman–Crippen MR) is 141 cm³/mol. The molecule has 0 aromatic carbocycles. The van der Waals surface area contributed by atoms with Crippen LogP contribution in [-0.4, -0.2) is 31.3 Å². The van der Waals surface area contributed by atoms with Crippen LogP contribution in [0.25, 0.3) is 0 Å². The maximum Gasteiger partial charge on any atom is 0.303 e. The average Bonchev–Trinajstić information content (AvgIpc) is 3.04. The molecule has 0 aliphatic heterocycles. The molecule has 0 saturated heterocycles. The van der Waals surface area contributed by atoms with Crippen LogP contribution >= 0.6 is 0 Å². The van der Waals surface area contributed by atoms with Crippen LogP contribution in [0.2, 0.25) is 18.1 Å². The third-order valence-electron chi connectivity index (χ3n) is 8.15. The molecular weight excluding hydrogens is 428 g/mol. The number of carboxylic acid groups (broad SMARTS) is 1. The van der Waals surface area contributed by atoms with E-state index in [4.69, 9.17) is 9.53 Å². The highest BCUT2D eigenvalue weighted by Crippen LogP contribution is 2.44. The minimum absolute atomic E-state index is 0.119. The predicted octanol–water partition coefficient (Wildman–Crippen LogP) is 8.17. The summed E-state index contributed by atoms with van der Waals surface area (Å²) in [6.45, 7) is 18.6. The summed E-state index contributed by atoms with van der Waals surface area (Å²) in [5.41, 5.74) is 0.133. The van der Waals surface area contributed by atoms with Gasteiger partial charge in [-0.05, 0) is 74.4 Å². The number of aliphatic carboxylic acids is 1. The van der Waals surface area contributed by atoms with Crippen molar-refractivity contribution < 1.29 is 19.1 Å². The number of hydrogen-bond donors (Lipinski definition) is 1. The van der Waals surface area contributed by atoms with Crippen molar-refractivity contribution in [3.05, 3.63) is 12.2 Å². The highest BCUT2D eigenvalue weighted by atomic mass is 28.4. The van der Waals surface area contributed by atoms with Crippen molar-refractivity contribution in [2.24, 2.45) is 17.3 Å². The summed E-state index contributed by atoms with van der Waals surface area (Å²) in [6, 6.07) is 0. The van der Waals surface area contributed by atoms with E-state index in [1.165, 1.54) is 19.3 Å². The lowest BCUT2D eigenvalue weighted by atomic mass is 9.77. The van der Waals surface area contributed by atoms with Crippen LogP contribution in [0, 0.1) is 17.3 Å². The Labute approximate surface area is 205 Å². The second kappa shape index (κ2) is 13.2. The molecule has 0 aromatic heterocycles. The second-order valence-electron chi connectivity index (χ2n) is 12.4. The largest absolute Gasteiger partial charge is 0.481 e. The number of hydrogen-bond acceptors (Lipinski definition) is 3. The molecule has 1 aliphatic rings. The van der Waals surface area contributed by atoms with Gasteiger partial charge < -0.3 is 9.53 Å². The average molecular weight is 481 g/mol. The number of carbonyl (C=O) groups excluding carboxylic acids is 1. The summed E-state index contributed by atoms with van der Waals surface area (Å²) in [5.74, 6) is 0.217. The summed E-state index contributed by atoms with van der Waals surface area (Å²) in [6.07, 6.45) is 14.2. The fourth-order valence-electron chi connectivity index (χ4n) is 4.68. The number of Topliss-reactive ketones (excluding diaryl/α,β-unsaturated/α-hetero) is 1. The van der Waals surface area contributed by atoms with Crippen molar-refractivity contribution in [2.75, 3.05) is 0 Å². The van der Waals surface area contributed by atoms with Crippen LogP contribution < -0.4 is 0 Å². The Bertz CT molecular complexity index is 645. The summed E-state index contributed by atoms with van der Waals surface area (Å²) in [4.78, 5) is 23.2. The third kappa shape index (κ3) is 10.1. The molecule has 4 nitrogen and oxygen atoms in total. The Kier molecular flexibility index (Phi) is 12.1. The standard InChI is InChI=1S/C28H52O4Si/c1-9-10-21-28(5,6)25(32-33(7,8)27(2,3)4)20-18-22-17-19-24(29)23(22)15-13-11-12-14-16-26(30)31/h11,13,22-23,25H,9-10,12,14-21H2,1-8H3,(H,30,31)/t22-,23+,25?/m1/s1. The topological polar surface area (TPSA) is 63.6 Å². The van der Waals surface area contributed by atoms with E-state index < -0.39 is 14.3 Å². The van der Waals surface area contributed by atoms with Gasteiger partial charge in [0.2, 0.25) is 0 Å². The van der Waals surface area contributed by atoms with E-state index >= 15 is 0 Å². The Hall–Kier alpha value is -0.943. The molecule has 1 saturated carbocycles. The van der Waals surface area contributed by atoms with Gasteiger partial charge in [0, 0.05) is 18.8 Å². The van der Waals surface area contributed by atoms with Gasteiger partial charge in [0.05, 0.1) is 6.10 Å². The molecule has 0 heterocycles. The van der Waals surface area contributed by atoms with E-state index in [-0.39, 0.29) is 28.9 Å². The van der Waals surface area contributed by atoms with Crippen LogP contribution in [0.5, 0.6) is 0 Å². The summed E-state index contributed by atoms with van der Waals surface area (Å²) >= 11 is 0. The van der Waals surface area contributed by atoms with Crippen LogP contribution in [0.4, 0.5) is 0 Å². The molecule has 1 unspecified atom stereocenters. The van der Waals surface area contributed by atoms with Crippen molar-refractivity contribution in [1.29, 1.82) is 0 Å². The quantitative estimate of drug-likeness (QED) is 0.146. The van der Waals surface area contributed by atoms with Crippen molar-refractivity contribution in [3.8, 4) is 0 Å². The highest BCUT2D eigenvalue weighted by molar-refractivity contribution is 6.74. The first-order valence-electron chi connectivity index (χ1n) is 13.3. The molecule has 0 bridgehead atoms. The Morgan fingerprint density at radius 2 is 1.85 bits per heavy atom. The maximum atomic E-state index is 12.6. The van der Waals surface area contributed by atoms with E-state index in [0.717, 1.165) is 32.1 Å². The van der Waals surface area contributed by atoms with Gasteiger partial charge in [0.1, 0.15) is 5.78 Å². The molecular formula is C28H52O4Si. The van der Waals surface area contributed by atoms with Crippen molar-refractivity contribution >= 4 is 20.1 Å². The summed E-state index contributed by atoms with van der Waals surface area (Å²) in [5, 5.41) is 8.94. The third-order valence-corrected chi connectivity index (χ3v) is 12.6. The molecule has 0 amide bonds. The lowest BCUT2D eigenvalue weighted by Crippen LogP contribution is -2.48. The lowest BCUT2D eigenvalue weighted by Gasteiger charge is -2.45. The molecule has 0 radical (unpaired) electrons. The number of unbranched alkanes of at least 4 members (excludes halogenated alkanes) is 2. The number of rotatable bonds is 15. The van der Waals surface area contributed by atoms with E-state index in [1.807, 2.05) is 0 Å². The summed E-state index contributed by atoms with van der Waals surface area (Å²) in [7, 11) is -1.89. The number of carbonyl (C=O) groups is 2. The van der Waals surface area contributed by atoms with Gasteiger partial charge in [-0.2, -0.15) is 0 Å². The van der Waals surface area contributed by atoms with E-state index in [9.17, 15) is 9.59 Å². The van der Waals surface area contributed by atoms with E-state index in [0.29, 0.717) is 24.5 Å². The fraction of sp³-hybridized carbons (Fsp3) is 0.857. The zero-order valence-corrected chi connectivity index (χ0v) is 23.8. The van der Waals surface area contributed by atoms with Gasteiger partial charge in [0.15, 0.2) is 8.32 Å². The SMILES string of the molecule is CCCCC(C)(C)C(CC[C@H]1CCC(=O)[C@H]1CC=CCCCC(=O)O)O[Si](C)(C)C(C)(C)C. The Morgan fingerprint density at radius 1 is 1.18 bits per heavy atom. The zero-order chi connectivity index (χ0) is 25.3. The lowest BCUT2D eigenvalue weighted by molar-refractivity contribution is -0.137. The summed E-state index contributed by atoms with van der Waals surface area (Å²) < 4.78 is 7.02. The van der Waals surface area contributed by atoms with Crippen LogP contribution in [0.3, 0.4) is 0 Å². The van der Waals surface area contributed by atoms with E-state index in [1.54, 1.807) is 0 Å². The van der Waals surface area contributed by atoms with E-state index in [2.05, 4.69) is 66.8 Å². The fourth-order valence-corrected chi connectivity index (χ4v) is 6.18. The number of ketones is 1. The molecule has 192 valence electrons. The van der Waals surface area contributed by atoms with Crippen molar-refractivity contribution in [1.82, 2.24) is 0 Å². The molecule has 0 aromatic rings. The first-order chi connectivity index (χ1) is 15.2. The second-order valence-corrected chi connectivity index (χ2v) is 17.2. The molecule has 33 heavy (non-hydrogen) atoms. The van der Waals surface area contributed by atoms with Crippen LogP contribution in [0.1, 0.15) is 112 Å². The van der Waals surface area contributed by atoms with Crippen molar-refractivity contribution in [3.63, 3.8) is 0 Å². The molecule has 1 rings (SSSR count). The normalized spacial score (nSPS) is 21.2. The van der Waals surface area contributed by atoms with Gasteiger partial charge in [0.25, 0.3) is 0 Å². The monoisotopic (exact) mass is 480 g/mol. The number of carboxylic acids is 1. The molecule has 1 N–H and O–H groups in total. The molecule has 3 atom stereocenters. The first-order valence-corrected chi connectivity index (χ1v) is 16.2. The molecule has 1 aliphatic carbocycles. The van der Waals surface area contributed by atoms with Gasteiger partial charge >= 0.3 is 5.97 Å².